The summed E-state index contributed by atoms with van der Waals surface area (Å²) >= 11 is 0. The highest BCUT2D eigenvalue weighted by Gasteiger charge is 2.11. The average Bonchev–Trinajstić information content (AvgIpc) is 1.80. The van der Waals surface area contributed by atoms with E-state index in [-0.39, 0.29) is 0 Å². The van der Waals surface area contributed by atoms with Gasteiger partial charge in [0.25, 0.3) is 0 Å². The summed E-state index contributed by atoms with van der Waals surface area (Å²) in [6, 6.07) is 0. The number of nitrogens with zero attached hydrogens (tertiary/aromatic N) is 2. The summed E-state index contributed by atoms with van der Waals surface area (Å²) in [4.78, 5) is 1.95. The van der Waals surface area contributed by atoms with Gasteiger partial charge in [-0.1, -0.05) is 11.0 Å². The molecule has 70 valence electrons. The molecule has 0 aromatic carbocycles. The van der Waals surface area contributed by atoms with E-state index in [9.17, 15) is 0 Å². The maximum Gasteiger partial charge on any atom is 0.0316 e. The molecule has 0 rings (SSSR count). The van der Waals surface area contributed by atoms with Crippen molar-refractivity contribution >= 4 is 11.0 Å². The van der Waals surface area contributed by atoms with Crippen molar-refractivity contribution in [3.63, 3.8) is 0 Å². The highest BCUT2D eigenvalue weighted by molar-refractivity contribution is 8.20. The molecule has 0 saturated heterocycles. The van der Waals surface area contributed by atoms with Gasteiger partial charge >= 0.3 is 0 Å². The Morgan fingerprint density at radius 3 is 1.91 bits per heavy atom. The molecular weight excluding hydrogens is 166 g/mol. The van der Waals surface area contributed by atoms with Gasteiger partial charge in [0, 0.05) is 20.1 Å². The average molecular weight is 183 g/mol. The Labute approximate surface area is 69.4 Å². The Morgan fingerprint density at radius 1 is 1.18 bits per heavy atom. The van der Waals surface area contributed by atoms with Gasteiger partial charge in [0.15, 0.2) is 0 Å². The van der Waals surface area contributed by atoms with Crippen molar-refractivity contribution in [2.45, 2.75) is 0 Å². The molecule has 0 aromatic heterocycles. The summed E-state index contributed by atoms with van der Waals surface area (Å²) in [5, 5.41) is 5.07. The van der Waals surface area contributed by atoms with Crippen LogP contribution in [0.3, 0.4) is 0 Å². The third-order valence-electron chi connectivity index (χ3n) is 1.32. The standard InChI is InChI=1S/C5H17N3O2S/c1-7(2)4-5-8(3)11(6,9)10/h9-10H,4-6H2,1-3H3. The van der Waals surface area contributed by atoms with Crippen LogP contribution < -0.4 is 5.14 Å². The predicted octanol–water partition coefficient (Wildman–Crippen LogP) is 0.0191. The highest BCUT2D eigenvalue weighted by Crippen LogP contribution is 2.31. The molecule has 0 aliphatic rings. The van der Waals surface area contributed by atoms with Crippen molar-refractivity contribution in [3.8, 4) is 0 Å². The summed E-state index contributed by atoms with van der Waals surface area (Å²) in [6.07, 6.45) is 0. The third-order valence-corrected chi connectivity index (χ3v) is 2.42. The van der Waals surface area contributed by atoms with Gasteiger partial charge in [-0.15, -0.1) is 0 Å². The number of hydrogen-bond donors (Lipinski definition) is 3. The van der Waals surface area contributed by atoms with Gasteiger partial charge in [-0.05, 0) is 14.1 Å². The normalized spacial score (nSPS) is 14.5. The minimum absolute atomic E-state index is 0.547. The lowest BCUT2D eigenvalue weighted by Gasteiger charge is -2.36. The molecule has 0 aromatic rings. The fourth-order valence-corrected chi connectivity index (χ4v) is 0.826. The Morgan fingerprint density at radius 2 is 1.64 bits per heavy atom. The van der Waals surface area contributed by atoms with E-state index >= 15 is 0 Å². The predicted molar refractivity (Wildman–Crippen MR) is 48.2 cm³/mol. The minimum atomic E-state index is -2.99. The van der Waals surface area contributed by atoms with Crippen LogP contribution >= 0.6 is 11.0 Å². The topological polar surface area (TPSA) is 73.0 Å². The molecule has 4 N–H and O–H groups in total. The molecule has 0 spiro atoms. The number of nitrogens with two attached hydrogens (primary N) is 1. The maximum atomic E-state index is 8.92. The summed E-state index contributed by atoms with van der Waals surface area (Å²) < 4.78 is 19.2. The lowest BCUT2D eigenvalue weighted by atomic mass is 10.6. The summed E-state index contributed by atoms with van der Waals surface area (Å²) in [5.41, 5.74) is 0. The fraction of sp³-hybridized carbons (Fsp3) is 1.00. The van der Waals surface area contributed by atoms with Crippen LogP contribution in [0.25, 0.3) is 0 Å². The van der Waals surface area contributed by atoms with Gasteiger partial charge in [0.05, 0.1) is 0 Å². The van der Waals surface area contributed by atoms with Crippen molar-refractivity contribution in [3.05, 3.63) is 0 Å². The van der Waals surface area contributed by atoms with Gasteiger partial charge in [-0.25, -0.2) is 5.14 Å². The molecule has 0 saturated carbocycles. The maximum absolute atomic E-state index is 8.92. The summed E-state index contributed by atoms with van der Waals surface area (Å²) in [7, 11) is 2.42. The molecule has 0 bridgehead atoms. The summed E-state index contributed by atoms with van der Waals surface area (Å²) in [5.74, 6) is 0. The van der Waals surface area contributed by atoms with E-state index < -0.39 is 11.0 Å². The first-order valence-electron chi connectivity index (χ1n) is 3.26. The molecule has 0 fully saturated rings. The fourth-order valence-electron chi connectivity index (χ4n) is 0.475. The molecule has 6 heteroatoms. The van der Waals surface area contributed by atoms with Crippen molar-refractivity contribution in [2.24, 2.45) is 5.14 Å². The Hall–Kier alpha value is 0.150. The molecule has 0 radical (unpaired) electrons. The van der Waals surface area contributed by atoms with Crippen LogP contribution in [0, 0.1) is 0 Å². The molecule has 0 heterocycles. The Bertz CT molecular complexity index is 115. The molecule has 0 aliphatic heterocycles. The quantitative estimate of drug-likeness (QED) is 0.573. The van der Waals surface area contributed by atoms with Crippen LogP contribution in [0.4, 0.5) is 0 Å². The van der Waals surface area contributed by atoms with Crippen LogP contribution in [-0.2, 0) is 0 Å². The van der Waals surface area contributed by atoms with Crippen molar-refractivity contribution in [1.29, 1.82) is 0 Å². The van der Waals surface area contributed by atoms with Crippen LogP contribution in [0.15, 0.2) is 0 Å². The van der Waals surface area contributed by atoms with E-state index in [1.165, 1.54) is 4.31 Å². The van der Waals surface area contributed by atoms with Crippen molar-refractivity contribution < 1.29 is 9.11 Å². The first kappa shape index (κ1) is 11.2. The second-order valence-corrected chi connectivity index (χ2v) is 4.46. The van der Waals surface area contributed by atoms with E-state index in [1.54, 1.807) is 7.05 Å². The van der Waals surface area contributed by atoms with Crippen LogP contribution in [0.2, 0.25) is 0 Å². The van der Waals surface area contributed by atoms with Gasteiger partial charge in [0.2, 0.25) is 0 Å². The smallest absolute Gasteiger partial charge is 0.0316 e. The van der Waals surface area contributed by atoms with Gasteiger partial charge < -0.3 is 4.90 Å². The van der Waals surface area contributed by atoms with E-state index in [1.807, 2.05) is 19.0 Å². The number of rotatable bonds is 4. The highest BCUT2D eigenvalue weighted by atomic mass is 32.3. The van der Waals surface area contributed by atoms with Crippen LogP contribution in [0.5, 0.6) is 0 Å². The zero-order valence-electron chi connectivity index (χ0n) is 7.19. The molecule has 0 atom stereocenters. The summed E-state index contributed by atoms with van der Waals surface area (Å²) in [6.45, 7) is 1.30. The molecule has 0 unspecified atom stereocenters. The van der Waals surface area contributed by atoms with E-state index in [0.717, 1.165) is 6.54 Å². The van der Waals surface area contributed by atoms with E-state index in [2.05, 4.69) is 0 Å². The minimum Gasteiger partial charge on any atom is -0.308 e. The zero-order valence-corrected chi connectivity index (χ0v) is 8.01. The number of hydrogen-bond acceptors (Lipinski definition) is 5. The monoisotopic (exact) mass is 183 g/mol. The molecule has 0 amide bonds. The zero-order chi connectivity index (χ0) is 9.07. The third kappa shape index (κ3) is 5.42. The second kappa shape index (κ2) is 4.24. The molecule has 11 heavy (non-hydrogen) atoms. The first-order valence-corrected chi connectivity index (χ1v) is 4.82. The Kier molecular flexibility index (Phi) is 4.30. The van der Waals surface area contributed by atoms with E-state index in [4.69, 9.17) is 14.2 Å². The number of likely N-dealkylation sites (N-methyl/N-ethyl adjacent to an activating group) is 2. The van der Waals surface area contributed by atoms with Crippen molar-refractivity contribution in [2.75, 3.05) is 34.2 Å². The second-order valence-electron chi connectivity index (χ2n) is 2.72. The van der Waals surface area contributed by atoms with Gasteiger partial charge in [0.1, 0.15) is 0 Å². The lowest BCUT2D eigenvalue weighted by molar-refractivity contribution is 0.332. The van der Waals surface area contributed by atoms with E-state index in [0.29, 0.717) is 6.54 Å². The SMILES string of the molecule is CN(C)CCN(C)S(N)(O)O. The Balaban J connectivity index is 3.61. The first-order chi connectivity index (χ1) is 4.84. The van der Waals surface area contributed by atoms with Crippen LogP contribution in [0.1, 0.15) is 0 Å². The molecule has 5 nitrogen and oxygen atoms in total. The van der Waals surface area contributed by atoms with Gasteiger partial charge in [-0.3, -0.25) is 9.11 Å². The van der Waals surface area contributed by atoms with Crippen molar-refractivity contribution in [1.82, 2.24) is 9.21 Å². The van der Waals surface area contributed by atoms with Gasteiger partial charge in [-0.2, -0.15) is 4.31 Å². The molecular formula is C5H17N3O2S. The molecule has 0 aliphatic carbocycles. The lowest BCUT2D eigenvalue weighted by Crippen LogP contribution is -2.34. The largest absolute Gasteiger partial charge is 0.308 e. The van der Waals surface area contributed by atoms with Crippen LogP contribution in [-0.4, -0.2) is 52.5 Å².